The van der Waals surface area contributed by atoms with Gasteiger partial charge in [-0.3, -0.25) is 4.79 Å². The van der Waals surface area contributed by atoms with Crippen molar-refractivity contribution in [2.45, 2.75) is 39.8 Å². The van der Waals surface area contributed by atoms with Gasteiger partial charge in [0.05, 0.1) is 0 Å². The highest BCUT2D eigenvalue weighted by atomic mass is 16.2. The maximum atomic E-state index is 12.0. The lowest BCUT2D eigenvalue weighted by atomic mass is 10.1. The molecule has 0 radical (unpaired) electrons. The number of amides is 1. The van der Waals surface area contributed by atoms with E-state index in [1.165, 1.54) is 0 Å². The molecule has 4 nitrogen and oxygen atoms in total. The number of nitrogens with zero attached hydrogens (tertiary/aromatic N) is 1. The summed E-state index contributed by atoms with van der Waals surface area (Å²) >= 11 is 0. The van der Waals surface area contributed by atoms with Gasteiger partial charge in [0.2, 0.25) is 5.91 Å². The summed E-state index contributed by atoms with van der Waals surface area (Å²) in [5, 5.41) is 2.88. The third kappa shape index (κ3) is 4.24. The summed E-state index contributed by atoms with van der Waals surface area (Å²) < 4.78 is 0. The van der Waals surface area contributed by atoms with Crippen LogP contribution >= 0.6 is 0 Å². The van der Waals surface area contributed by atoms with Crippen molar-refractivity contribution in [1.29, 1.82) is 0 Å². The Labute approximate surface area is 116 Å². The van der Waals surface area contributed by atoms with E-state index < -0.39 is 0 Å². The molecule has 0 spiro atoms. The molecule has 0 aliphatic rings. The number of benzene rings is 1. The molecule has 0 heterocycles. The van der Waals surface area contributed by atoms with Crippen LogP contribution in [0.3, 0.4) is 0 Å². The third-order valence-corrected chi connectivity index (χ3v) is 3.17. The van der Waals surface area contributed by atoms with Gasteiger partial charge in [0, 0.05) is 25.3 Å². The van der Waals surface area contributed by atoms with Crippen LogP contribution in [0.2, 0.25) is 0 Å². The summed E-state index contributed by atoms with van der Waals surface area (Å²) in [5.74, 6) is 0.0684. The molecule has 1 atom stereocenters. The van der Waals surface area contributed by atoms with E-state index >= 15 is 0 Å². The Bertz CT molecular complexity index is 389. The first-order valence-electron chi connectivity index (χ1n) is 6.97. The predicted octanol–water partition coefficient (Wildman–Crippen LogP) is 1.89. The number of hydrogen-bond acceptors (Lipinski definition) is 3. The van der Waals surface area contributed by atoms with Gasteiger partial charge in [-0.1, -0.05) is 19.1 Å². The van der Waals surface area contributed by atoms with Gasteiger partial charge in [0.15, 0.2) is 0 Å². The number of rotatable bonds is 7. The third-order valence-electron chi connectivity index (χ3n) is 3.17. The summed E-state index contributed by atoms with van der Waals surface area (Å²) in [7, 11) is 0. The van der Waals surface area contributed by atoms with Gasteiger partial charge in [-0.05, 0) is 38.0 Å². The van der Waals surface area contributed by atoms with E-state index in [2.05, 4.69) is 17.1 Å². The van der Waals surface area contributed by atoms with Crippen LogP contribution in [0.1, 0.15) is 32.8 Å². The standard InChI is InChI=1S/C15H25N3O/c1-4-10-18(12(3)15(19)17-5-2)14-8-6-13(11-16)7-9-14/h6-9,12H,4-5,10-11,16H2,1-3H3,(H,17,19). The molecule has 1 rings (SSSR count). The average Bonchev–Trinajstić information content (AvgIpc) is 2.44. The van der Waals surface area contributed by atoms with Crippen LogP contribution in [-0.2, 0) is 11.3 Å². The second kappa shape index (κ2) is 7.79. The van der Waals surface area contributed by atoms with Gasteiger partial charge >= 0.3 is 0 Å². The predicted molar refractivity (Wildman–Crippen MR) is 80.1 cm³/mol. The van der Waals surface area contributed by atoms with Crippen LogP contribution in [0, 0.1) is 0 Å². The fourth-order valence-corrected chi connectivity index (χ4v) is 2.07. The van der Waals surface area contributed by atoms with Crippen LogP contribution < -0.4 is 16.0 Å². The molecule has 19 heavy (non-hydrogen) atoms. The molecular weight excluding hydrogens is 238 g/mol. The Morgan fingerprint density at radius 3 is 2.42 bits per heavy atom. The number of nitrogens with one attached hydrogen (secondary N) is 1. The average molecular weight is 263 g/mol. The summed E-state index contributed by atoms with van der Waals surface area (Å²) in [6.45, 7) is 8.06. The second-order valence-corrected chi connectivity index (χ2v) is 4.63. The van der Waals surface area contributed by atoms with E-state index in [9.17, 15) is 4.79 Å². The summed E-state index contributed by atoms with van der Waals surface area (Å²) in [6, 6.07) is 7.94. The zero-order valence-electron chi connectivity index (χ0n) is 12.1. The van der Waals surface area contributed by atoms with Crippen molar-refractivity contribution in [3.8, 4) is 0 Å². The van der Waals surface area contributed by atoms with Crippen molar-refractivity contribution < 1.29 is 4.79 Å². The van der Waals surface area contributed by atoms with Crippen molar-refractivity contribution >= 4 is 11.6 Å². The Morgan fingerprint density at radius 2 is 1.95 bits per heavy atom. The highest BCUT2D eigenvalue weighted by Gasteiger charge is 2.20. The number of likely N-dealkylation sites (N-methyl/N-ethyl adjacent to an activating group) is 1. The molecule has 0 aliphatic heterocycles. The fourth-order valence-electron chi connectivity index (χ4n) is 2.07. The summed E-state index contributed by atoms with van der Waals surface area (Å²) in [6.07, 6.45) is 1.00. The van der Waals surface area contributed by atoms with Crippen LogP contribution in [0.5, 0.6) is 0 Å². The molecule has 106 valence electrons. The van der Waals surface area contributed by atoms with Crippen LogP contribution in [-0.4, -0.2) is 25.0 Å². The molecule has 3 N–H and O–H groups in total. The van der Waals surface area contributed by atoms with Crippen LogP contribution in [0.15, 0.2) is 24.3 Å². The Balaban J connectivity index is 2.88. The number of anilines is 1. The lowest BCUT2D eigenvalue weighted by Crippen LogP contribution is -2.45. The largest absolute Gasteiger partial charge is 0.360 e. The smallest absolute Gasteiger partial charge is 0.242 e. The van der Waals surface area contributed by atoms with Crippen LogP contribution in [0.4, 0.5) is 5.69 Å². The van der Waals surface area contributed by atoms with E-state index in [1.807, 2.05) is 38.1 Å². The SMILES string of the molecule is CCCN(c1ccc(CN)cc1)C(C)C(=O)NCC. The first-order chi connectivity index (χ1) is 9.13. The molecule has 4 heteroatoms. The van der Waals surface area contributed by atoms with Gasteiger partial charge in [-0.15, -0.1) is 0 Å². The van der Waals surface area contributed by atoms with Crippen molar-refractivity contribution in [2.24, 2.45) is 5.73 Å². The zero-order chi connectivity index (χ0) is 14.3. The monoisotopic (exact) mass is 263 g/mol. The lowest BCUT2D eigenvalue weighted by molar-refractivity contribution is -0.121. The maximum absolute atomic E-state index is 12.0. The molecule has 1 aromatic carbocycles. The Morgan fingerprint density at radius 1 is 1.32 bits per heavy atom. The van der Waals surface area contributed by atoms with E-state index in [-0.39, 0.29) is 11.9 Å². The molecule has 0 saturated carbocycles. The maximum Gasteiger partial charge on any atom is 0.242 e. The fraction of sp³-hybridized carbons (Fsp3) is 0.533. The Kier molecular flexibility index (Phi) is 6.36. The molecule has 0 saturated heterocycles. The topological polar surface area (TPSA) is 58.4 Å². The van der Waals surface area contributed by atoms with Gasteiger partial charge < -0.3 is 16.0 Å². The number of hydrogen-bond donors (Lipinski definition) is 2. The molecule has 0 aliphatic carbocycles. The Hall–Kier alpha value is -1.55. The minimum absolute atomic E-state index is 0.0684. The zero-order valence-corrected chi connectivity index (χ0v) is 12.1. The van der Waals surface area contributed by atoms with Gasteiger partial charge in [-0.25, -0.2) is 0 Å². The van der Waals surface area contributed by atoms with Crippen molar-refractivity contribution in [3.63, 3.8) is 0 Å². The summed E-state index contributed by atoms with van der Waals surface area (Å²) in [5.41, 5.74) is 7.77. The minimum atomic E-state index is -0.163. The van der Waals surface area contributed by atoms with E-state index in [1.54, 1.807) is 0 Å². The molecule has 0 fully saturated rings. The number of carbonyl (C=O) groups is 1. The van der Waals surface area contributed by atoms with Crippen molar-refractivity contribution in [1.82, 2.24) is 5.32 Å². The second-order valence-electron chi connectivity index (χ2n) is 4.63. The van der Waals surface area contributed by atoms with E-state index in [0.717, 1.165) is 24.2 Å². The summed E-state index contributed by atoms with van der Waals surface area (Å²) in [4.78, 5) is 14.1. The highest BCUT2D eigenvalue weighted by molar-refractivity contribution is 5.84. The van der Waals surface area contributed by atoms with Gasteiger partial charge in [-0.2, -0.15) is 0 Å². The van der Waals surface area contributed by atoms with E-state index in [4.69, 9.17) is 5.73 Å². The van der Waals surface area contributed by atoms with Gasteiger partial charge in [0.1, 0.15) is 6.04 Å². The first kappa shape index (κ1) is 15.5. The number of nitrogens with two attached hydrogens (primary N) is 1. The molecule has 0 bridgehead atoms. The van der Waals surface area contributed by atoms with Crippen LogP contribution in [0.25, 0.3) is 0 Å². The molecule has 1 amide bonds. The minimum Gasteiger partial charge on any atom is -0.360 e. The van der Waals surface area contributed by atoms with Crippen molar-refractivity contribution in [3.05, 3.63) is 29.8 Å². The van der Waals surface area contributed by atoms with Crippen molar-refractivity contribution in [2.75, 3.05) is 18.0 Å². The molecule has 0 aromatic heterocycles. The number of carbonyl (C=O) groups excluding carboxylic acids is 1. The molecule has 1 unspecified atom stereocenters. The molecule has 1 aromatic rings. The van der Waals surface area contributed by atoms with E-state index in [0.29, 0.717) is 13.1 Å². The normalized spacial score (nSPS) is 12.0. The highest BCUT2D eigenvalue weighted by Crippen LogP contribution is 2.18. The quantitative estimate of drug-likeness (QED) is 0.790. The van der Waals surface area contributed by atoms with Gasteiger partial charge in [0.25, 0.3) is 0 Å². The first-order valence-corrected chi connectivity index (χ1v) is 6.97. The lowest BCUT2D eigenvalue weighted by Gasteiger charge is -2.30. The molecular formula is C15H25N3O.